The second-order valence-electron chi connectivity index (χ2n) is 5.49. The standard InChI is InChI=1S/C15H20BrNO3/c1-15(19)6-3-8-17(9-7-15)14(18)12-10-11(20-2)4-5-13(12)16/h4-5,10,19H,3,6-9H2,1-2H3. The van der Waals surface area contributed by atoms with Gasteiger partial charge in [-0.1, -0.05) is 0 Å². The van der Waals surface area contributed by atoms with Crippen LogP contribution < -0.4 is 4.74 Å². The molecular formula is C15H20BrNO3. The Kier molecular flexibility index (Phi) is 4.70. The SMILES string of the molecule is COc1ccc(Br)c(C(=O)N2CCCC(C)(O)CC2)c1. The van der Waals surface area contributed by atoms with Gasteiger partial charge in [-0.15, -0.1) is 0 Å². The number of halogens is 1. The Morgan fingerprint density at radius 1 is 1.40 bits per heavy atom. The fourth-order valence-electron chi connectivity index (χ4n) is 2.43. The van der Waals surface area contributed by atoms with Gasteiger partial charge in [0.05, 0.1) is 18.3 Å². The number of nitrogens with zero attached hydrogens (tertiary/aromatic N) is 1. The van der Waals surface area contributed by atoms with Crippen LogP contribution in [-0.2, 0) is 0 Å². The first-order valence-electron chi connectivity index (χ1n) is 6.78. The molecule has 1 fully saturated rings. The van der Waals surface area contributed by atoms with Gasteiger partial charge >= 0.3 is 0 Å². The molecule has 1 aromatic carbocycles. The molecule has 1 heterocycles. The van der Waals surface area contributed by atoms with Crippen molar-refractivity contribution in [3.8, 4) is 5.75 Å². The monoisotopic (exact) mass is 341 g/mol. The Labute approximate surface area is 127 Å². The number of aliphatic hydroxyl groups is 1. The lowest BCUT2D eigenvalue weighted by Crippen LogP contribution is -2.33. The van der Waals surface area contributed by atoms with Gasteiger partial charge in [0.15, 0.2) is 0 Å². The summed E-state index contributed by atoms with van der Waals surface area (Å²) >= 11 is 3.42. The second-order valence-corrected chi connectivity index (χ2v) is 6.34. The Morgan fingerprint density at radius 3 is 2.85 bits per heavy atom. The fraction of sp³-hybridized carbons (Fsp3) is 0.533. The molecule has 0 radical (unpaired) electrons. The van der Waals surface area contributed by atoms with Crippen molar-refractivity contribution in [1.29, 1.82) is 0 Å². The third-order valence-electron chi connectivity index (χ3n) is 3.75. The van der Waals surface area contributed by atoms with Gasteiger partial charge in [-0.3, -0.25) is 4.79 Å². The molecule has 1 amide bonds. The van der Waals surface area contributed by atoms with Gasteiger partial charge in [-0.2, -0.15) is 0 Å². The van der Waals surface area contributed by atoms with E-state index >= 15 is 0 Å². The second kappa shape index (κ2) is 6.14. The van der Waals surface area contributed by atoms with Gasteiger partial charge in [0, 0.05) is 17.6 Å². The van der Waals surface area contributed by atoms with Crippen LogP contribution in [0.4, 0.5) is 0 Å². The van der Waals surface area contributed by atoms with Gasteiger partial charge in [-0.25, -0.2) is 0 Å². The average Bonchev–Trinajstić information content (AvgIpc) is 2.59. The van der Waals surface area contributed by atoms with Crippen molar-refractivity contribution in [1.82, 2.24) is 4.90 Å². The lowest BCUT2D eigenvalue weighted by Gasteiger charge is -2.23. The summed E-state index contributed by atoms with van der Waals surface area (Å²) in [4.78, 5) is 14.4. The molecule has 5 heteroatoms. The van der Waals surface area contributed by atoms with Crippen molar-refractivity contribution < 1.29 is 14.6 Å². The molecule has 1 N–H and O–H groups in total. The van der Waals surface area contributed by atoms with E-state index in [0.717, 1.165) is 17.3 Å². The van der Waals surface area contributed by atoms with E-state index in [1.807, 2.05) is 19.1 Å². The lowest BCUT2D eigenvalue weighted by atomic mass is 9.98. The van der Waals surface area contributed by atoms with Gasteiger partial charge in [0.2, 0.25) is 0 Å². The number of carbonyl (C=O) groups excluding carboxylic acids is 1. The summed E-state index contributed by atoms with van der Waals surface area (Å²) in [5.74, 6) is 0.645. The average molecular weight is 342 g/mol. The molecule has 110 valence electrons. The zero-order valence-corrected chi connectivity index (χ0v) is 13.4. The van der Waals surface area contributed by atoms with Crippen molar-refractivity contribution in [3.63, 3.8) is 0 Å². The van der Waals surface area contributed by atoms with Crippen molar-refractivity contribution in [3.05, 3.63) is 28.2 Å². The number of benzene rings is 1. The Balaban J connectivity index is 2.18. The summed E-state index contributed by atoms with van der Waals surface area (Å²) in [5, 5.41) is 10.1. The summed E-state index contributed by atoms with van der Waals surface area (Å²) in [5.41, 5.74) is -0.0634. The maximum absolute atomic E-state index is 12.6. The van der Waals surface area contributed by atoms with Crippen molar-refractivity contribution >= 4 is 21.8 Å². The quantitative estimate of drug-likeness (QED) is 0.899. The summed E-state index contributed by atoms with van der Waals surface area (Å²) < 4.78 is 5.94. The number of carbonyl (C=O) groups is 1. The minimum atomic E-state index is -0.666. The molecule has 1 atom stereocenters. The fourth-order valence-corrected chi connectivity index (χ4v) is 2.85. The van der Waals surface area contributed by atoms with E-state index in [4.69, 9.17) is 4.74 Å². The first kappa shape index (κ1) is 15.3. The summed E-state index contributed by atoms with van der Waals surface area (Å²) in [6.45, 7) is 3.09. The van der Waals surface area contributed by atoms with Crippen LogP contribution in [0.5, 0.6) is 5.75 Å². The molecule has 1 unspecified atom stereocenters. The summed E-state index contributed by atoms with van der Waals surface area (Å²) in [6, 6.07) is 5.38. The van der Waals surface area contributed by atoms with E-state index in [-0.39, 0.29) is 5.91 Å². The van der Waals surface area contributed by atoms with E-state index in [2.05, 4.69) is 15.9 Å². The van der Waals surface area contributed by atoms with E-state index in [1.165, 1.54) is 0 Å². The third kappa shape index (κ3) is 3.52. The predicted octanol–water partition coefficient (Wildman–Crippen LogP) is 2.83. The Bertz CT molecular complexity index is 502. The molecule has 0 spiro atoms. The molecule has 0 bridgehead atoms. The highest BCUT2D eigenvalue weighted by Gasteiger charge is 2.28. The number of ether oxygens (including phenoxy) is 1. The molecule has 0 aromatic heterocycles. The number of likely N-dealkylation sites (tertiary alicyclic amines) is 1. The molecule has 2 rings (SSSR count). The normalized spacial score (nSPS) is 23.3. The Morgan fingerprint density at radius 2 is 2.15 bits per heavy atom. The first-order chi connectivity index (χ1) is 9.43. The Hall–Kier alpha value is -1.07. The molecule has 1 saturated heterocycles. The molecule has 20 heavy (non-hydrogen) atoms. The van der Waals surface area contributed by atoms with Crippen LogP contribution in [0.15, 0.2) is 22.7 Å². The van der Waals surface area contributed by atoms with Crippen molar-refractivity contribution in [2.75, 3.05) is 20.2 Å². The minimum absolute atomic E-state index is 0.0199. The topological polar surface area (TPSA) is 49.8 Å². The van der Waals surface area contributed by atoms with Crippen molar-refractivity contribution in [2.24, 2.45) is 0 Å². The highest BCUT2D eigenvalue weighted by molar-refractivity contribution is 9.10. The molecular weight excluding hydrogens is 322 g/mol. The number of hydrogen-bond donors (Lipinski definition) is 1. The van der Waals surface area contributed by atoms with Crippen LogP contribution in [0.3, 0.4) is 0 Å². The smallest absolute Gasteiger partial charge is 0.255 e. The van der Waals surface area contributed by atoms with Crippen LogP contribution in [0.2, 0.25) is 0 Å². The maximum Gasteiger partial charge on any atom is 0.255 e. The van der Waals surface area contributed by atoms with E-state index in [9.17, 15) is 9.90 Å². The van der Waals surface area contributed by atoms with Gasteiger partial charge in [0.1, 0.15) is 5.75 Å². The van der Waals surface area contributed by atoms with Crippen LogP contribution >= 0.6 is 15.9 Å². The summed E-state index contributed by atoms with van der Waals surface area (Å²) in [7, 11) is 1.58. The highest BCUT2D eigenvalue weighted by atomic mass is 79.9. The first-order valence-corrected chi connectivity index (χ1v) is 7.57. The number of amides is 1. The number of hydrogen-bond acceptors (Lipinski definition) is 3. The van der Waals surface area contributed by atoms with Gasteiger partial charge in [0.25, 0.3) is 5.91 Å². The van der Waals surface area contributed by atoms with Crippen LogP contribution in [-0.4, -0.2) is 41.7 Å². The zero-order valence-electron chi connectivity index (χ0n) is 11.9. The molecule has 1 aliphatic heterocycles. The lowest BCUT2D eigenvalue weighted by molar-refractivity contribution is 0.0438. The van der Waals surface area contributed by atoms with Gasteiger partial charge < -0.3 is 14.7 Å². The predicted molar refractivity (Wildman–Crippen MR) is 81.1 cm³/mol. The number of methoxy groups -OCH3 is 1. The molecule has 1 aromatic rings. The third-order valence-corrected chi connectivity index (χ3v) is 4.45. The van der Waals surface area contributed by atoms with E-state index in [1.54, 1.807) is 18.1 Å². The molecule has 4 nitrogen and oxygen atoms in total. The zero-order chi connectivity index (χ0) is 14.8. The number of rotatable bonds is 2. The molecule has 0 saturated carbocycles. The van der Waals surface area contributed by atoms with E-state index < -0.39 is 5.60 Å². The van der Waals surface area contributed by atoms with Crippen LogP contribution in [0.25, 0.3) is 0 Å². The minimum Gasteiger partial charge on any atom is -0.497 e. The molecule has 1 aliphatic rings. The highest BCUT2D eigenvalue weighted by Crippen LogP contribution is 2.26. The molecule has 0 aliphatic carbocycles. The van der Waals surface area contributed by atoms with E-state index in [0.29, 0.717) is 30.8 Å². The van der Waals surface area contributed by atoms with Gasteiger partial charge in [-0.05, 0) is 60.3 Å². The van der Waals surface area contributed by atoms with Crippen molar-refractivity contribution in [2.45, 2.75) is 31.8 Å². The summed E-state index contributed by atoms with van der Waals surface area (Å²) in [6.07, 6.45) is 2.16. The van der Waals surface area contributed by atoms with Crippen LogP contribution in [0.1, 0.15) is 36.5 Å². The maximum atomic E-state index is 12.6. The van der Waals surface area contributed by atoms with Crippen LogP contribution in [0, 0.1) is 0 Å². The largest absolute Gasteiger partial charge is 0.497 e.